The third-order valence-electron chi connectivity index (χ3n) is 5.46. The first-order valence-electron chi connectivity index (χ1n) is 11.7. The van der Waals surface area contributed by atoms with Crippen LogP contribution in [0.3, 0.4) is 0 Å². The molecule has 0 N–H and O–H groups in total. The van der Waals surface area contributed by atoms with E-state index in [2.05, 4.69) is 21.0 Å². The summed E-state index contributed by atoms with van der Waals surface area (Å²) < 4.78 is 27.7. The van der Waals surface area contributed by atoms with Crippen molar-refractivity contribution in [1.29, 1.82) is 0 Å². The van der Waals surface area contributed by atoms with Crippen LogP contribution in [-0.4, -0.2) is 22.5 Å². The fourth-order valence-corrected chi connectivity index (χ4v) is 4.33. The molecule has 4 aromatic rings. The molecule has 0 saturated carbocycles. The maximum absolute atomic E-state index is 14.0. The van der Waals surface area contributed by atoms with E-state index in [4.69, 9.17) is 26.1 Å². The summed E-state index contributed by atoms with van der Waals surface area (Å²) in [5, 5.41) is 5.22. The fraction of sp³-hybridized carbons (Fsp3) is 0.250. The molecular formula is C28H26BrClFN3O3. The van der Waals surface area contributed by atoms with Gasteiger partial charge in [-0.1, -0.05) is 66.5 Å². The average molecular weight is 587 g/mol. The van der Waals surface area contributed by atoms with Crippen molar-refractivity contribution in [1.82, 2.24) is 9.66 Å². The molecule has 0 unspecified atom stereocenters. The smallest absolute Gasteiger partial charge is 0.282 e. The van der Waals surface area contributed by atoms with Gasteiger partial charge in [-0.25, -0.2) is 9.37 Å². The summed E-state index contributed by atoms with van der Waals surface area (Å²) in [5.74, 6) is 0.839. The largest absolute Gasteiger partial charge is 0.490 e. The zero-order valence-electron chi connectivity index (χ0n) is 20.9. The van der Waals surface area contributed by atoms with Gasteiger partial charge in [0, 0.05) is 15.5 Å². The van der Waals surface area contributed by atoms with E-state index in [9.17, 15) is 9.18 Å². The van der Waals surface area contributed by atoms with Crippen LogP contribution in [0.15, 0.2) is 69.0 Å². The van der Waals surface area contributed by atoms with E-state index in [1.807, 2.05) is 33.8 Å². The summed E-state index contributed by atoms with van der Waals surface area (Å²) in [7, 11) is 0. The lowest BCUT2D eigenvalue weighted by Crippen LogP contribution is -2.29. The van der Waals surface area contributed by atoms with Crippen molar-refractivity contribution in [3.8, 4) is 11.5 Å². The van der Waals surface area contributed by atoms with Gasteiger partial charge in [-0.15, -0.1) is 0 Å². The molecule has 0 fully saturated rings. The Labute approximate surface area is 227 Å². The van der Waals surface area contributed by atoms with Crippen LogP contribution < -0.4 is 15.0 Å². The Hall–Kier alpha value is -3.23. The Balaban J connectivity index is 1.74. The van der Waals surface area contributed by atoms with Gasteiger partial charge >= 0.3 is 0 Å². The average Bonchev–Trinajstić information content (AvgIpc) is 2.83. The molecule has 0 atom stereocenters. The highest BCUT2D eigenvalue weighted by Gasteiger charge is 2.23. The van der Waals surface area contributed by atoms with Gasteiger partial charge < -0.3 is 9.47 Å². The quantitative estimate of drug-likeness (QED) is 0.217. The number of benzene rings is 3. The summed E-state index contributed by atoms with van der Waals surface area (Å²) in [6.07, 6.45) is 1.52. The second-order valence-corrected chi connectivity index (χ2v) is 10.7. The maximum Gasteiger partial charge on any atom is 0.282 e. The highest BCUT2D eigenvalue weighted by molar-refractivity contribution is 9.10. The molecule has 4 rings (SSSR count). The SMILES string of the molecule is CCOc1cc(C=Nn2c(C(C)(C)C)nc3ccc(Br)cc3c2=O)cc(Cl)c1OCc1ccccc1F. The Kier molecular flexibility index (Phi) is 7.99. The van der Waals surface area contributed by atoms with Gasteiger partial charge in [0.25, 0.3) is 5.56 Å². The lowest BCUT2D eigenvalue weighted by Gasteiger charge is -2.21. The summed E-state index contributed by atoms with van der Waals surface area (Å²) in [4.78, 5) is 18.1. The summed E-state index contributed by atoms with van der Waals surface area (Å²) in [6.45, 7) is 8.10. The van der Waals surface area contributed by atoms with Gasteiger partial charge in [0.05, 0.1) is 28.7 Å². The third-order valence-corrected chi connectivity index (χ3v) is 6.24. The van der Waals surface area contributed by atoms with E-state index in [-0.39, 0.29) is 23.0 Å². The van der Waals surface area contributed by atoms with Crippen molar-refractivity contribution < 1.29 is 13.9 Å². The van der Waals surface area contributed by atoms with Crippen LogP contribution in [0.2, 0.25) is 5.02 Å². The number of ether oxygens (including phenoxy) is 2. The number of rotatable bonds is 7. The second kappa shape index (κ2) is 11.0. The normalized spacial score (nSPS) is 11.9. The molecule has 1 heterocycles. The van der Waals surface area contributed by atoms with Gasteiger partial charge in [-0.3, -0.25) is 4.79 Å². The lowest BCUT2D eigenvalue weighted by atomic mass is 9.95. The molecule has 0 radical (unpaired) electrons. The predicted molar refractivity (Wildman–Crippen MR) is 149 cm³/mol. The van der Waals surface area contributed by atoms with Crippen LogP contribution in [0.5, 0.6) is 11.5 Å². The second-order valence-electron chi connectivity index (χ2n) is 9.35. The van der Waals surface area contributed by atoms with Crippen LogP contribution in [0.1, 0.15) is 44.6 Å². The Bertz CT molecular complexity index is 1550. The molecule has 37 heavy (non-hydrogen) atoms. The topological polar surface area (TPSA) is 65.7 Å². The summed E-state index contributed by atoms with van der Waals surface area (Å²) in [6, 6.07) is 15.1. The zero-order valence-corrected chi connectivity index (χ0v) is 23.2. The van der Waals surface area contributed by atoms with Crippen molar-refractivity contribution >= 4 is 44.6 Å². The van der Waals surface area contributed by atoms with Crippen LogP contribution in [0, 0.1) is 5.82 Å². The van der Waals surface area contributed by atoms with Crippen LogP contribution in [-0.2, 0) is 12.0 Å². The molecule has 0 saturated heterocycles. The minimum Gasteiger partial charge on any atom is -0.490 e. The van der Waals surface area contributed by atoms with Crippen molar-refractivity contribution in [2.45, 2.75) is 39.7 Å². The first-order chi connectivity index (χ1) is 17.6. The van der Waals surface area contributed by atoms with Gasteiger partial charge in [0.1, 0.15) is 18.2 Å². The number of aromatic nitrogens is 2. The minimum absolute atomic E-state index is 0.0114. The monoisotopic (exact) mass is 585 g/mol. The van der Waals surface area contributed by atoms with Gasteiger partial charge in [-0.05, 0) is 48.9 Å². The van der Waals surface area contributed by atoms with E-state index in [0.29, 0.717) is 46.0 Å². The number of fused-ring (bicyclic) bond motifs is 1. The Morgan fingerprint density at radius 1 is 1.14 bits per heavy atom. The molecule has 6 nitrogen and oxygen atoms in total. The Morgan fingerprint density at radius 3 is 2.59 bits per heavy atom. The third kappa shape index (κ3) is 6.02. The summed E-state index contributed by atoms with van der Waals surface area (Å²) >= 11 is 9.96. The van der Waals surface area contributed by atoms with E-state index >= 15 is 0 Å². The number of hydrogen-bond acceptors (Lipinski definition) is 5. The van der Waals surface area contributed by atoms with Crippen LogP contribution in [0.25, 0.3) is 10.9 Å². The van der Waals surface area contributed by atoms with Gasteiger partial charge in [0.15, 0.2) is 11.5 Å². The molecule has 192 valence electrons. The molecule has 3 aromatic carbocycles. The number of hydrogen-bond donors (Lipinski definition) is 0. The van der Waals surface area contributed by atoms with Crippen molar-refractivity contribution in [3.05, 3.63) is 97.2 Å². The van der Waals surface area contributed by atoms with E-state index in [1.54, 1.807) is 42.5 Å². The number of halogens is 3. The lowest BCUT2D eigenvalue weighted by molar-refractivity contribution is 0.266. The minimum atomic E-state index is -0.448. The maximum atomic E-state index is 14.0. The van der Waals surface area contributed by atoms with E-state index in [1.165, 1.54) is 17.0 Å². The molecule has 0 aliphatic heterocycles. The molecule has 1 aromatic heterocycles. The molecule has 0 aliphatic carbocycles. The fourth-order valence-electron chi connectivity index (χ4n) is 3.70. The van der Waals surface area contributed by atoms with Crippen molar-refractivity contribution in [2.75, 3.05) is 6.61 Å². The predicted octanol–water partition coefficient (Wildman–Crippen LogP) is 7.11. The molecule has 0 amide bonds. The molecule has 9 heteroatoms. The van der Waals surface area contributed by atoms with Crippen molar-refractivity contribution in [2.24, 2.45) is 5.10 Å². The molecule has 0 aliphatic rings. The van der Waals surface area contributed by atoms with E-state index < -0.39 is 5.41 Å². The van der Waals surface area contributed by atoms with Crippen molar-refractivity contribution in [3.63, 3.8) is 0 Å². The zero-order chi connectivity index (χ0) is 26.7. The molecule has 0 bridgehead atoms. The van der Waals surface area contributed by atoms with Gasteiger partial charge in [0.2, 0.25) is 0 Å². The highest BCUT2D eigenvalue weighted by Crippen LogP contribution is 2.37. The highest BCUT2D eigenvalue weighted by atomic mass is 79.9. The molecule has 0 spiro atoms. The first-order valence-corrected chi connectivity index (χ1v) is 12.8. The van der Waals surface area contributed by atoms with Crippen LogP contribution in [0.4, 0.5) is 4.39 Å². The van der Waals surface area contributed by atoms with Crippen LogP contribution >= 0.6 is 27.5 Å². The number of nitrogens with zero attached hydrogens (tertiary/aromatic N) is 3. The first kappa shape index (κ1) is 26.8. The Morgan fingerprint density at radius 2 is 1.89 bits per heavy atom. The summed E-state index contributed by atoms with van der Waals surface area (Å²) in [5.41, 5.74) is 0.857. The molecular weight excluding hydrogens is 561 g/mol. The standard InChI is InChI=1S/C28H26BrClFN3O3/c1-5-36-24-13-17(12-21(30)25(24)37-16-18-8-6-7-9-22(18)31)15-32-34-26(35)20-14-19(29)10-11-23(20)33-27(34)28(2,3)4/h6-15H,5,16H2,1-4H3. The van der Waals surface area contributed by atoms with E-state index in [0.717, 1.165) is 4.47 Å². The van der Waals surface area contributed by atoms with Gasteiger partial charge in [-0.2, -0.15) is 9.78 Å².